The highest BCUT2D eigenvalue weighted by Crippen LogP contribution is 2.15. The van der Waals surface area contributed by atoms with Crippen LogP contribution in [0.5, 0.6) is 0 Å². The molecule has 0 unspecified atom stereocenters. The molecule has 1 aromatic carbocycles. The second-order valence-corrected chi connectivity index (χ2v) is 5.16. The van der Waals surface area contributed by atoms with Crippen molar-refractivity contribution in [2.24, 2.45) is 0 Å². The second kappa shape index (κ2) is 6.07. The lowest BCUT2D eigenvalue weighted by molar-refractivity contribution is -0.139. The van der Waals surface area contributed by atoms with Crippen molar-refractivity contribution in [1.29, 1.82) is 0 Å². The summed E-state index contributed by atoms with van der Waals surface area (Å²) >= 11 is 5.76. The molecule has 2 amide bonds. The molecule has 6 heteroatoms. The zero-order valence-electron chi connectivity index (χ0n) is 11.6. The smallest absolute Gasteiger partial charge is 0.271 e. The number of benzene rings is 1. The summed E-state index contributed by atoms with van der Waals surface area (Å²) < 4.78 is 0. The quantitative estimate of drug-likeness (QED) is 0.799. The van der Waals surface area contributed by atoms with E-state index in [2.05, 4.69) is 9.97 Å². The van der Waals surface area contributed by atoms with Gasteiger partial charge in [0.25, 0.3) is 11.8 Å². The summed E-state index contributed by atoms with van der Waals surface area (Å²) in [4.78, 5) is 33.6. The Morgan fingerprint density at radius 3 is 2.86 bits per heavy atom. The molecule has 1 aliphatic rings. The van der Waals surface area contributed by atoms with E-state index in [1.807, 2.05) is 24.3 Å². The fraction of sp³-hybridized carbons (Fsp3) is 0.125. The number of amides is 2. The van der Waals surface area contributed by atoms with E-state index in [9.17, 15) is 9.59 Å². The number of hydrogen-bond donors (Lipinski definition) is 0. The van der Waals surface area contributed by atoms with Gasteiger partial charge in [-0.05, 0) is 24.6 Å². The molecule has 1 aliphatic heterocycles. The summed E-state index contributed by atoms with van der Waals surface area (Å²) in [7, 11) is 0. The Morgan fingerprint density at radius 1 is 1.27 bits per heavy atom. The predicted molar refractivity (Wildman–Crippen MR) is 83.8 cm³/mol. The average molecular weight is 314 g/mol. The lowest BCUT2D eigenvalue weighted by Crippen LogP contribution is -2.38. The molecule has 0 spiro atoms. The summed E-state index contributed by atoms with van der Waals surface area (Å²) in [5.41, 5.74) is 2.09. The topological polar surface area (TPSA) is 63.2 Å². The van der Waals surface area contributed by atoms with Crippen LogP contribution in [0.15, 0.2) is 47.6 Å². The molecule has 110 valence electrons. The van der Waals surface area contributed by atoms with Crippen LogP contribution >= 0.6 is 11.6 Å². The fourth-order valence-electron chi connectivity index (χ4n) is 2.15. The van der Waals surface area contributed by atoms with Crippen molar-refractivity contribution in [1.82, 2.24) is 14.9 Å². The van der Waals surface area contributed by atoms with Gasteiger partial charge < -0.3 is 0 Å². The lowest BCUT2D eigenvalue weighted by atomic mass is 10.2. The first-order valence-electron chi connectivity index (χ1n) is 6.76. The van der Waals surface area contributed by atoms with Crippen molar-refractivity contribution in [3.8, 4) is 0 Å². The molecule has 5 nitrogen and oxygen atoms in total. The maximum absolute atomic E-state index is 12.1. The van der Waals surface area contributed by atoms with Crippen LogP contribution in [0, 0.1) is 0 Å². The van der Waals surface area contributed by atoms with Crippen LogP contribution < -0.4 is 0 Å². The standard InChI is InChI=1S/C16H12ClN3O2/c17-12-4-3-9-20(16(12)22)15(21)8-7-11-10-18-13-5-1-2-6-14(13)19-11/h1-2,4-8,10H,3,9H2/b8-7+. The molecule has 3 rings (SSSR count). The van der Waals surface area contributed by atoms with Gasteiger partial charge in [0.05, 0.1) is 22.9 Å². The van der Waals surface area contributed by atoms with Crippen LogP contribution in [0.25, 0.3) is 17.1 Å². The maximum atomic E-state index is 12.1. The Kier molecular flexibility index (Phi) is 3.98. The molecule has 22 heavy (non-hydrogen) atoms. The molecule has 2 aromatic rings. The molecule has 0 radical (unpaired) electrons. The highest BCUT2D eigenvalue weighted by Gasteiger charge is 2.24. The molecule has 0 bridgehead atoms. The highest BCUT2D eigenvalue weighted by molar-refractivity contribution is 6.43. The van der Waals surface area contributed by atoms with Gasteiger partial charge in [-0.3, -0.25) is 19.5 Å². The molecule has 0 N–H and O–H groups in total. The Balaban J connectivity index is 1.79. The van der Waals surface area contributed by atoms with E-state index in [-0.39, 0.29) is 5.03 Å². The minimum atomic E-state index is -0.466. The highest BCUT2D eigenvalue weighted by atomic mass is 35.5. The van der Waals surface area contributed by atoms with Crippen molar-refractivity contribution in [2.45, 2.75) is 6.42 Å². The van der Waals surface area contributed by atoms with E-state index in [1.54, 1.807) is 18.3 Å². The van der Waals surface area contributed by atoms with E-state index in [1.165, 1.54) is 6.08 Å². The van der Waals surface area contributed by atoms with Crippen molar-refractivity contribution in [3.05, 3.63) is 53.3 Å². The lowest BCUT2D eigenvalue weighted by Gasteiger charge is -2.21. The number of hydrogen-bond acceptors (Lipinski definition) is 4. The third-order valence-electron chi connectivity index (χ3n) is 3.26. The zero-order valence-corrected chi connectivity index (χ0v) is 12.3. The molecule has 0 atom stereocenters. The van der Waals surface area contributed by atoms with Gasteiger partial charge in [-0.25, -0.2) is 4.98 Å². The van der Waals surface area contributed by atoms with E-state index in [0.29, 0.717) is 18.7 Å². The van der Waals surface area contributed by atoms with Gasteiger partial charge in [0.1, 0.15) is 5.03 Å². The van der Waals surface area contributed by atoms with Crippen LogP contribution in [0.2, 0.25) is 0 Å². The van der Waals surface area contributed by atoms with Crippen molar-refractivity contribution < 1.29 is 9.59 Å². The Hall–Kier alpha value is -2.53. The first-order chi connectivity index (χ1) is 10.6. The van der Waals surface area contributed by atoms with E-state index >= 15 is 0 Å². The third-order valence-corrected chi connectivity index (χ3v) is 3.57. The molecule has 0 aliphatic carbocycles. The Morgan fingerprint density at radius 2 is 2.05 bits per heavy atom. The van der Waals surface area contributed by atoms with Crippen molar-refractivity contribution >= 4 is 40.5 Å². The molecule has 0 fully saturated rings. The van der Waals surface area contributed by atoms with Gasteiger partial charge in [-0.2, -0.15) is 0 Å². The number of nitrogens with zero attached hydrogens (tertiary/aromatic N) is 3. The number of aromatic nitrogens is 2. The fourth-order valence-corrected chi connectivity index (χ4v) is 2.36. The third kappa shape index (κ3) is 2.89. The number of rotatable bonds is 2. The molecule has 0 saturated heterocycles. The van der Waals surface area contributed by atoms with Crippen LogP contribution in [0.1, 0.15) is 12.1 Å². The number of fused-ring (bicyclic) bond motifs is 1. The van der Waals surface area contributed by atoms with Gasteiger partial charge in [0, 0.05) is 12.6 Å². The molecule has 1 aromatic heterocycles. The number of carbonyl (C=O) groups excluding carboxylic acids is 2. The minimum absolute atomic E-state index is 0.0819. The predicted octanol–water partition coefficient (Wildman–Crippen LogP) is 2.52. The summed E-state index contributed by atoms with van der Waals surface area (Å²) in [6, 6.07) is 7.47. The monoisotopic (exact) mass is 313 g/mol. The number of para-hydroxylation sites is 2. The number of imide groups is 1. The summed E-state index contributed by atoms with van der Waals surface area (Å²) in [6.07, 6.45) is 6.62. The van der Waals surface area contributed by atoms with E-state index in [4.69, 9.17) is 11.6 Å². The van der Waals surface area contributed by atoms with Crippen LogP contribution in [0.3, 0.4) is 0 Å². The molecule has 0 saturated carbocycles. The summed E-state index contributed by atoms with van der Waals surface area (Å²) in [5.74, 6) is -0.877. The largest absolute Gasteiger partial charge is 0.274 e. The van der Waals surface area contributed by atoms with Gasteiger partial charge in [0.15, 0.2) is 0 Å². The van der Waals surface area contributed by atoms with Gasteiger partial charge in [-0.15, -0.1) is 0 Å². The maximum Gasteiger partial charge on any atom is 0.271 e. The van der Waals surface area contributed by atoms with E-state index < -0.39 is 11.8 Å². The van der Waals surface area contributed by atoms with Gasteiger partial charge in [-0.1, -0.05) is 29.8 Å². The summed E-state index contributed by atoms with van der Waals surface area (Å²) in [5, 5.41) is 0.0819. The van der Waals surface area contributed by atoms with Crippen LogP contribution in [-0.2, 0) is 9.59 Å². The van der Waals surface area contributed by atoms with Crippen LogP contribution in [0.4, 0.5) is 0 Å². The molecule has 2 heterocycles. The minimum Gasteiger partial charge on any atom is -0.274 e. The van der Waals surface area contributed by atoms with Gasteiger partial charge in [0.2, 0.25) is 0 Å². The second-order valence-electron chi connectivity index (χ2n) is 4.75. The summed E-state index contributed by atoms with van der Waals surface area (Å²) in [6.45, 7) is 0.335. The zero-order chi connectivity index (χ0) is 15.5. The van der Waals surface area contributed by atoms with Crippen molar-refractivity contribution in [2.75, 3.05) is 6.54 Å². The van der Waals surface area contributed by atoms with Crippen molar-refractivity contribution in [3.63, 3.8) is 0 Å². The van der Waals surface area contributed by atoms with Gasteiger partial charge >= 0.3 is 0 Å². The Bertz CT molecular complexity index is 814. The number of halogens is 1. The Labute approximate surface area is 131 Å². The SMILES string of the molecule is O=C(/C=C/c1cnc2ccccc2n1)N1CCC=C(Cl)C1=O. The average Bonchev–Trinajstić information content (AvgIpc) is 2.55. The first-order valence-corrected chi connectivity index (χ1v) is 7.14. The van der Waals surface area contributed by atoms with E-state index in [0.717, 1.165) is 15.9 Å². The molecular formula is C16H12ClN3O2. The number of carbonyl (C=O) groups is 2. The molecular weight excluding hydrogens is 302 g/mol. The van der Waals surface area contributed by atoms with Crippen LogP contribution in [-0.4, -0.2) is 33.2 Å². The first kappa shape index (κ1) is 14.4. The normalized spacial score (nSPS) is 15.4.